The van der Waals surface area contributed by atoms with Crippen molar-refractivity contribution in [2.45, 2.75) is 38.6 Å². The summed E-state index contributed by atoms with van der Waals surface area (Å²) in [5, 5.41) is 3.72. The van der Waals surface area contributed by atoms with Crippen LogP contribution >= 0.6 is 0 Å². The zero-order valence-electron chi connectivity index (χ0n) is 14.7. The summed E-state index contributed by atoms with van der Waals surface area (Å²) >= 11 is 0. The van der Waals surface area contributed by atoms with E-state index >= 15 is 0 Å². The summed E-state index contributed by atoms with van der Waals surface area (Å²) in [6, 6.07) is 6.16. The second kappa shape index (κ2) is 7.57. The molecular weight excluding hydrogens is 349 g/mol. The molecule has 1 atom stereocenters. The Kier molecular flexibility index (Phi) is 5.41. The van der Waals surface area contributed by atoms with Crippen molar-refractivity contribution in [3.8, 4) is 22.8 Å². The first kappa shape index (κ1) is 18.6. The molecule has 0 spiro atoms. The van der Waals surface area contributed by atoms with Crippen molar-refractivity contribution in [2.75, 3.05) is 20.3 Å². The molecule has 2 heterocycles. The summed E-state index contributed by atoms with van der Waals surface area (Å²) in [6.07, 6.45) is -3.14. The Labute approximate surface area is 149 Å². The van der Waals surface area contributed by atoms with Gasteiger partial charge in [-0.2, -0.15) is 18.3 Å². The van der Waals surface area contributed by atoms with Crippen LogP contribution in [0.25, 0.3) is 11.3 Å². The fraction of sp³-hybridized carbons (Fsp3) is 0.500. The van der Waals surface area contributed by atoms with Gasteiger partial charge in [0.05, 0.1) is 26.0 Å². The van der Waals surface area contributed by atoms with Gasteiger partial charge in [0.25, 0.3) is 0 Å². The lowest BCUT2D eigenvalue weighted by atomic mass is 10.1. The minimum atomic E-state index is -4.49. The minimum Gasteiger partial charge on any atom is -0.493 e. The van der Waals surface area contributed by atoms with Crippen molar-refractivity contribution >= 4 is 0 Å². The quantitative estimate of drug-likeness (QED) is 0.766. The first-order valence-corrected chi connectivity index (χ1v) is 8.50. The maximum Gasteiger partial charge on any atom is 0.435 e. The van der Waals surface area contributed by atoms with Gasteiger partial charge in [0.2, 0.25) is 0 Å². The van der Waals surface area contributed by atoms with Gasteiger partial charge >= 0.3 is 6.18 Å². The van der Waals surface area contributed by atoms with Crippen LogP contribution in [0.2, 0.25) is 0 Å². The van der Waals surface area contributed by atoms with E-state index in [2.05, 4.69) is 5.10 Å². The van der Waals surface area contributed by atoms with E-state index in [1.165, 1.54) is 11.8 Å². The third-order valence-electron chi connectivity index (χ3n) is 4.15. The minimum absolute atomic E-state index is 0.0922. The second-order valence-electron chi connectivity index (χ2n) is 6.10. The van der Waals surface area contributed by atoms with Crippen LogP contribution in [-0.4, -0.2) is 36.2 Å². The van der Waals surface area contributed by atoms with E-state index in [4.69, 9.17) is 14.2 Å². The molecule has 142 valence electrons. The fourth-order valence-corrected chi connectivity index (χ4v) is 2.88. The molecule has 26 heavy (non-hydrogen) atoms. The predicted molar refractivity (Wildman–Crippen MR) is 89.4 cm³/mol. The SMILES string of the molecule is CCCn1nc(C(F)(F)F)cc1-c1ccc(OC)c(OC2CCOC2)c1. The van der Waals surface area contributed by atoms with Crippen LogP contribution in [0.15, 0.2) is 24.3 Å². The summed E-state index contributed by atoms with van der Waals surface area (Å²) in [4.78, 5) is 0. The Bertz CT molecular complexity index is 753. The van der Waals surface area contributed by atoms with Crippen LogP contribution in [-0.2, 0) is 17.5 Å². The van der Waals surface area contributed by atoms with Gasteiger partial charge in [-0.15, -0.1) is 0 Å². The van der Waals surface area contributed by atoms with Gasteiger partial charge in [-0.25, -0.2) is 0 Å². The molecule has 1 aromatic carbocycles. The number of halogens is 3. The highest BCUT2D eigenvalue weighted by Crippen LogP contribution is 2.36. The lowest BCUT2D eigenvalue weighted by Crippen LogP contribution is -2.16. The molecule has 8 heteroatoms. The van der Waals surface area contributed by atoms with Crippen molar-refractivity contribution < 1.29 is 27.4 Å². The molecule has 0 saturated carbocycles. The molecule has 3 rings (SSSR count). The summed E-state index contributed by atoms with van der Waals surface area (Å²) in [6.45, 7) is 3.40. The van der Waals surface area contributed by atoms with E-state index in [1.807, 2.05) is 6.92 Å². The molecular formula is C18H21F3N2O3. The highest BCUT2D eigenvalue weighted by atomic mass is 19.4. The summed E-state index contributed by atoms with van der Waals surface area (Å²) < 4.78 is 57.1. The van der Waals surface area contributed by atoms with E-state index in [0.717, 1.165) is 12.5 Å². The highest BCUT2D eigenvalue weighted by molar-refractivity contribution is 5.65. The second-order valence-corrected chi connectivity index (χ2v) is 6.10. The Morgan fingerprint density at radius 1 is 1.27 bits per heavy atom. The Morgan fingerprint density at radius 3 is 2.69 bits per heavy atom. The van der Waals surface area contributed by atoms with E-state index in [9.17, 15) is 13.2 Å². The number of ether oxygens (including phenoxy) is 3. The lowest BCUT2D eigenvalue weighted by molar-refractivity contribution is -0.141. The molecule has 1 aromatic heterocycles. The van der Waals surface area contributed by atoms with Crippen LogP contribution in [0.5, 0.6) is 11.5 Å². The van der Waals surface area contributed by atoms with E-state index in [1.54, 1.807) is 18.2 Å². The van der Waals surface area contributed by atoms with Gasteiger partial charge in [0.15, 0.2) is 17.2 Å². The largest absolute Gasteiger partial charge is 0.493 e. The normalized spacial score (nSPS) is 17.5. The average molecular weight is 370 g/mol. The zero-order chi connectivity index (χ0) is 18.7. The van der Waals surface area contributed by atoms with E-state index in [0.29, 0.717) is 48.9 Å². The summed E-state index contributed by atoms with van der Waals surface area (Å²) in [7, 11) is 1.52. The van der Waals surface area contributed by atoms with Crippen molar-refractivity contribution in [1.29, 1.82) is 0 Å². The van der Waals surface area contributed by atoms with Gasteiger partial charge in [-0.3, -0.25) is 4.68 Å². The van der Waals surface area contributed by atoms with E-state index in [-0.39, 0.29) is 6.10 Å². The van der Waals surface area contributed by atoms with Crippen LogP contribution in [0, 0.1) is 0 Å². The van der Waals surface area contributed by atoms with Gasteiger partial charge in [0, 0.05) is 18.5 Å². The van der Waals surface area contributed by atoms with Crippen LogP contribution < -0.4 is 9.47 Å². The van der Waals surface area contributed by atoms with Crippen molar-refractivity contribution in [3.05, 3.63) is 30.0 Å². The Morgan fingerprint density at radius 2 is 2.08 bits per heavy atom. The number of rotatable bonds is 6. The molecule has 0 radical (unpaired) electrons. The summed E-state index contributed by atoms with van der Waals surface area (Å²) in [5.74, 6) is 1.01. The van der Waals surface area contributed by atoms with Gasteiger partial charge in [0.1, 0.15) is 6.10 Å². The van der Waals surface area contributed by atoms with Crippen LogP contribution in [0.1, 0.15) is 25.5 Å². The maximum absolute atomic E-state index is 13.1. The number of hydrogen-bond acceptors (Lipinski definition) is 4. The Hall–Kier alpha value is -2.22. The third-order valence-corrected chi connectivity index (χ3v) is 4.15. The molecule has 1 aliphatic rings. The fourth-order valence-electron chi connectivity index (χ4n) is 2.88. The number of methoxy groups -OCH3 is 1. The lowest BCUT2D eigenvalue weighted by Gasteiger charge is -2.16. The zero-order valence-corrected chi connectivity index (χ0v) is 14.7. The highest BCUT2D eigenvalue weighted by Gasteiger charge is 2.35. The van der Waals surface area contributed by atoms with Crippen molar-refractivity contribution in [1.82, 2.24) is 9.78 Å². The molecule has 5 nitrogen and oxygen atoms in total. The first-order chi connectivity index (χ1) is 12.4. The number of alkyl halides is 3. The molecule has 0 bridgehead atoms. The molecule has 0 N–H and O–H groups in total. The Balaban J connectivity index is 1.98. The molecule has 0 amide bonds. The van der Waals surface area contributed by atoms with Gasteiger partial charge < -0.3 is 14.2 Å². The predicted octanol–water partition coefficient (Wildman–Crippen LogP) is 4.16. The number of nitrogens with zero attached hydrogens (tertiary/aromatic N) is 2. The molecule has 0 aliphatic carbocycles. The standard InChI is InChI=1S/C18H21F3N2O3/c1-3-7-23-14(10-17(22-23)18(19,20)21)12-4-5-15(24-2)16(9-12)26-13-6-8-25-11-13/h4-5,9-10,13H,3,6-8,11H2,1-2H3. The monoisotopic (exact) mass is 370 g/mol. The van der Waals surface area contributed by atoms with Crippen molar-refractivity contribution in [3.63, 3.8) is 0 Å². The van der Waals surface area contributed by atoms with E-state index < -0.39 is 11.9 Å². The smallest absolute Gasteiger partial charge is 0.435 e. The van der Waals surface area contributed by atoms with Gasteiger partial charge in [-0.1, -0.05) is 6.92 Å². The topological polar surface area (TPSA) is 45.5 Å². The molecule has 1 unspecified atom stereocenters. The molecule has 2 aromatic rings. The average Bonchev–Trinajstić information content (AvgIpc) is 3.24. The van der Waals surface area contributed by atoms with Crippen LogP contribution in [0.3, 0.4) is 0 Å². The molecule has 1 saturated heterocycles. The number of aromatic nitrogens is 2. The van der Waals surface area contributed by atoms with Gasteiger partial charge in [-0.05, 0) is 30.7 Å². The first-order valence-electron chi connectivity index (χ1n) is 8.50. The molecule has 1 fully saturated rings. The van der Waals surface area contributed by atoms with Crippen molar-refractivity contribution in [2.24, 2.45) is 0 Å². The number of hydrogen-bond donors (Lipinski definition) is 0. The summed E-state index contributed by atoms with van der Waals surface area (Å²) in [5.41, 5.74) is 0.0916. The molecule has 1 aliphatic heterocycles. The maximum atomic E-state index is 13.1. The van der Waals surface area contributed by atoms with Crippen LogP contribution in [0.4, 0.5) is 13.2 Å². The number of aryl methyl sites for hydroxylation is 1. The number of benzene rings is 1. The third kappa shape index (κ3) is 3.95.